The number of piperazine rings is 1. The molecule has 0 aromatic heterocycles. The highest BCUT2D eigenvalue weighted by molar-refractivity contribution is 7.86. The van der Waals surface area contributed by atoms with Crippen molar-refractivity contribution in [1.29, 1.82) is 0 Å². The molecular weight excluding hydrogens is 564 g/mol. The molecule has 1 heterocycles. The summed E-state index contributed by atoms with van der Waals surface area (Å²) in [4.78, 5) is 16.4. The van der Waals surface area contributed by atoms with Gasteiger partial charge in [-0.3, -0.25) is 4.18 Å². The van der Waals surface area contributed by atoms with Crippen molar-refractivity contribution in [2.75, 3.05) is 83.9 Å². The van der Waals surface area contributed by atoms with Gasteiger partial charge in [-0.05, 0) is 64.1 Å². The average molecular weight is 609 g/mol. The third-order valence-corrected chi connectivity index (χ3v) is 7.48. The van der Waals surface area contributed by atoms with E-state index in [1.807, 2.05) is 52.0 Å². The van der Waals surface area contributed by atoms with Gasteiger partial charge in [0.25, 0.3) is 10.1 Å². The second kappa shape index (κ2) is 16.7. The summed E-state index contributed by atoms with van der Waals surface area (Å²) >= 11 is 0. The van der Waals surface area contributed by atoms with Gasteiger partial charge in [0, 0.05) is 31.9 Å². The van der Waals surface area contributed by atoms with Gasteiger partial charge in [-0.2, -0.15) is 8.42 Å². The van der Waals surface area contributed by atoms with E-state index in [1.54, 1.807) is 17.0 Å². The van der Waals surface area contributed by atoms with Crippen molar-refractivity contribution in [3.05, 3.63) is 54.1 Å². The molecule has 0 aliphatic carbocycles. The molecule has 12 heteroatoms. The van der Waals surface area contributed by atoms with E-state index in [9.17, 15) is 13.2 Å². The molecule has 2 aromatic carbocycles. The predicted molar refractivity (Wildman–Crippen MR) is 159 cm³/mol. The fraction of sp³-hybridized carbons (Fsp3) is 0.567. The zero-order chi connectivity index (χ0) is 30.4. The van der Waals surface area contributed by atoms with E-state index < -0.39 is 15.7 Å². The van der Waals surface area contributed by atoms with Crippen LogP contribution >= 0.6 is 0 Å². The molecule has 3 rings (SSSR count). The van der Waals surface area contributed by atoms with Crippen LogP contribution in [0.3, 0.4) is 0 Å². The summed E-state index contributed by atoms with van der Waals surface area (Å²) in [5.74, 6) is 0.763. The van der Waals surface area contributed by atoms with Gasteiger partial charge in [-0.15, -0.1) is 0 Å². The van der Waals surface area contributed by atoms with Gasteiger partial charge in [0.05, 0.1) is 51.1 Å². The molecule has 1 aliphatic heterocycles. The fourth-order valence-electron chi connectivity index (χ4n) is 3.96. The van der Waals surface area contributed by atoms with E-state index in [4.69, 9.17) is 27.9 Å². The molecule has 11 nitrogen and oxygen atoms in total. The second-order valence-electron chi connectivity index (χ2n) is 10.7. The van der Waals surface area contributed by atoms with Crippen LogP contribution in [0.25, 0.3) is 0 Å². The fourth-order valence-corrected chi connectivity index (χ4v) is 4.86. The largest absolute Gasteiger partial charge is 0.491 e. The molecule has 0 N–H and O–H groups in total. The molecular formula is C30H44N2O9S. The number of rotatable bonds is 16. The van der Waals surface area contributed by atoms with Gasteiger partial charge in [0.2, 0.25) is 0 Å². The zero-order valence-electron chi connectivity index (χ0n) is 25.1. The summed E-state index contributed by atoms with van der Waals surface area (Å²) in [6, 6.07) is 14.4. The number of hydrogen-bond donors (Lipinski definition) is 0. The van der Waals surface area contributed by atoms with Gasteiger partial charge >= 0.3 is 6.09 Å². The van der Waals surface area contributed by atoms with Crippen molar-refractivity contribution in [2.24, 2.45) is 0 Å². The first-order valence-electron chi connectivity index (χ1n) is 14.2. The van der Waals surface area contributed by atoms with Gasteiger partial charge in [-0.25, -0.2) is 4.79 Å². The van der Waals surface area contributed by atoms with Gasteiger partial charge in [0.1, 0.15) is 18.0 Å². The van der Waals surface area contributed by atoms with Gasteiger partial charge < -0.3 is 33.5 Å². The molecule has 2 aromatic rings. The number of amides is 1. The van der Waals surface area contributed by atoms with E-state index in [-0.39, 0.29) is 24.2 Å². The van der Waals surface area contributed by atoms with E-state index in [2.05, 4.69) is 4.90 Å². The van der Waals surface area contributed by atoms with Crippen LogP contribution in [0.1, 0.15) is 26.3 Å². The lowest BCUT2D eigenvalue weighted by molar-refractivity contribution is 0.00528. The van der Waals surface area contributed by atoms with E-state index >= 15 is 0 Å². The van der Waals surface area contributed by atoms with Crippen LogP contribution < -0.4 is 9.64 Å². The van der Waals surface area contributed by atoms with Crippen LogP contribution in [-0.4, -0.2) is 104 Å². The van der Waals surface area contributed by atoms with Crippen molar-refractivity contribution in [3.63, 3.8) is 0 Å². The van der Waals surface area contributed by atoms with Gasteiger partial charge in [-0.1, -0.05) is 17.7 Å². The molecule has 1 amide bonds. The minimum absolute atomic E-state index is 0.0606. The summed E-state index contributed by atoms with van der Waals surface area (Å²) in [6.45, 7) is 12.7. The number of nitrogens with zero attached hydrogens (tertiary/aromatic N) is 2. The average Bonchev–Trinajstić information content (AvgIpc) is 2.95. The molecule has 0 radical (unpaired) electrons. The number of carbonyl (C=O) groups excluding carboxylic acids is 1. The highest BCUT2D eigenvalue weighted by Crippen LogP contribution is 2.21. The van der Waals surface area contributed by atoms with Gasteiger partial charge in [0.15, 0.2) is 0 Å². The Balaban J connectivity index is 1.16. The Labute approximate surface area is 249 Å². The number of anilines is 1. The Kier molecular flexibility index (Phi) is 13.3. The predicted octanol–water partition coefficient (Wildman–Crippen LogP) is 3.89. The SMILES string of the molecule is Cc1ccc(S(=O)(=O)OCCOCCOCCOCCOc2ccc(N3CCN(C(=O)OC(C)(C)C)CC3)cc2)cc1. The van der Waals surface area contributed by atoms with E-state index in [0.29, 0.717) is 52.7 Å². The highest BCUT2D eigenvalue weighted by atomic mass is 32.2. The topological polar surface area (TPSA) is 113 Å². The lowest BCUT2D eigenvalue weighted by Crippen LogP contribution is -2.50. The third-order valence-electron chi connectivity index (χ3n) is 6.15. The first-order valence-corrected chi connectivity index (χ1v) is 15.6. The third kappa shape index (κ3) is 12.1. The summed E-state index contributed by atoms with van der Waals surface area (Å²) in [5.41, 5.74) is 1.57. The Hall–Kier alpha value is -2.90. The van der Waals surface area contributed by atoms with E-state index in [1.165, 1.54) is 12.1 Å². The zero-order valence-corrected chi connectivity index (χ0v) is 25.9. The standard InChI is InChI=1S/C30H44N2O9S/c1-25-5-11-28(12-6-25)42(34,35)40-24-22-38-20-18-36-17-19-37-21-23-39-27-9-7-26(8-10-27)31-13-15-32(16-14-31)29(33)41-30(2,3)4/h5-12H,13-24H2,1-4H3. The van der Waals surface area contributed by atoms with Crippen LogP contribution in [0.2, 0.25) is 0 Å². The first-order chi connectivity index (χ1) is 20.0. The quantitative estimate of drug-likeness (QED) is 0.206. The smallest absolute Gasteiger partial charge is 0.410 e. The molecule has 0 unspecified atom stereocenters. The van der Waals surface area contributed by atoms with Crippen LogP contribution in [-0.2, 0) is 33.2 Å². The van der Waals surface area contributed by atoms with Crippen LogP contribution in [0, 0.1) is 6.92 Å². The highest BCUT2D eigenvalue weighted by Gasteiger charge is 2.26. The molecule has 0 atom stereocenters. The Morgan fingerprint density at radius 2 is 1.26 bits per heavy atom. The summed E-state index contributed by atoms with van der Waals surface area (Å²) in [7, 11) is -3.78. The maximum Gasteiger partial charge on any atom is 0.410 e. The van der Waals surface area contributed by atoms with Crippen molar-refractivity contribution in [3.8, 4) is 5.75 Å². The normalized spacial score (nSPS) is 14.2. The van der Waals surface area contributed by atoms with Crippen LogP contribution in [0.5, 0.6) is 5.75 Å². The molecule has 1 aliphatic rings. The van der Waals surface area contributed by atoms with Crippen LogP contribution in [0.15, 0.2) is 53.4 Å². The number of ether oxygens (including phenoxy) is 5. The number of benzene rings is 2. The molecule has 0 bridgehead atoms. The molecule has 1 fully saturated rings. The number of hydrogen-bond acceptors (Lipinski definition) is 10. The molecule has 0 saturated carbocycles. The monoisotopic (exact) mass is 608 g/mol. The molecule has 42 heavy (non-hydrogen) atoms. The van der Waals surface area contributed by atoms with Crippen molar-refractivity contribution in [1.82, 2.24) is 4.90 Å². The number of carbonyl (C=O) groups is 1. The summed E-state index contributed by atoms with van der Waals surface area (Å²) < 4.78 is 56.7. The maximum absolute atomic E-state index is 12.3. The maximum atomic E-state index is 12.3. The minimum Gasteiger partial charge on any atom is -0.491 e. The van der Waals surface area contributed by atoms with Crippen LogP contribution in [0.4, 0.5) is 10.5 Å². The molecule has 0 spiro atoms. The Bertz CT molecular complexity index is 1170. The number of aryl methyl sites for hydroxylation is 1. The Morgan fingerprint density at radius 1 is 0.738 bits per heavy atom. The first kappa shape index (κ1) is 33.6. The summed E-state index contributed by atoms with van der Waals surface area (Å²) in [6.07, 6.45) is -0.263. The minimum atomic E-state index is -3.78. The lowest BCUT2D eigenvalue weighted by atomic mass is 10.2. The van der Waals surface area contributed by atoms with Crippen molar-refractivity contribution < 1.29 is 41.1 Å². The second-order valence-corrected chi connectivity index (χ2v) is 12.3. The summed E-state index contributed by atoms with van der Waals surface area (Å²) in [5, 5.41) is 0. The van der Waals surface area contributed by atoms with E-state index in [0.717, 1.165) is 30.1 Å². The molecule has 234 valence electrons. The Morgan fingerprint density at radius 3 is 1.81 bits per heavy atom. The van der Waals surface area contributed by atoms with Crippen molar-refractivity contribution >= 4 is 21.9 Å². The van der Waals surface area contributed by atoms with Crippen molar-refractivity contribution in [2.45, 2.75) is 38.2 Å². The lowest BCUT2D eigenvalue weighted by Gasteiger charge is -2.36. The molecule has 1 saturated heterocycles.